The summed E-state index contributed by atoms with van der Waals surface area (Å²) in [5, 5.41) is -0.0809. The fourth-order valence-electron chi connectivity index (χ4n) is 2.32. The predicted octanol–water partition coefficient (Wildman–Crippen LogP) is 4.79. The van der Waals surface area contributed by atoms with Crippen molar-refractivity contribution in [3.63, 3.8) is 0 Å². The standard InChI is InChI=1S/C15H21ClN2/c1-6-15(4,5)18-12-9-7-8-10(2)13(12)17-14(18)11(3)16/h7-9,11H,6H2,1-5H3. The average Bonchev–Trinajstić information content (AvgIpc) is 2.70. The number of aryl methyl sites for hydroxylation is 1. The largest absolute Gasteiger partial charge is 0.321 e. The van der Waals surface area contributed by atoms with E-state index in [1.165, 1.54) is 11.1 Å². The summed E-state index contributed by atoms with van der Waals surface area (Å²) in [6, 6.07) is 6.32. The molecular weight excluding hydrogens is 244 g/mol. The molecule has 0 saturated carbocycles. The third kappa shape index (κ3) is 2.03. The number of para-hydroxylation sites is 1. The zero-order valence-electron chi connectivity index (χ0n) is 11.8. The summed E-state index contributed by atoms with van der Waals surface area (Å²) in [6.45, 7) is 10.8. The van der Waals surface area contributed by atoms with Gasteiger partial charge in [0.05, 0.1) is 16.4 Å². The Balaban J connectivity index is 2.83. The van der Waals surface area contributed by atoms with Gasteiger partial charge < -0.3 is 4.57 Å². The van der Waals surface area contributed by atoms with Gasteiger partial charge in [-0.1, -0.05) is 19.1 Å². The Morgan fingerprint density at radius 3 is 2.61 bits per heavy atom. The molecule has 1 unspecified atom stereocenters. The number of alkyl halides is 1. The van der Waals surface area contributed by atoms with E-state index in [1.807, 2.05) is 6.92 Å². The molecule has 0 saturated heterocycles. The summed E-state index contributed by atoms with van der Waals surface area (Å²) in [5.41, 5.74) is 3.49. The molecule has 1 heterocycles. The molecule has 0 fully saturated rings. The molecule has 3 heteroatoms. The molecule has 2 aromatic rings. The molecule has 0 radical (unpaired) electrons. The molecule has 1 aromatic heterocycles. The van der Waals surface area contributed by atoms with Crippen molar-refractivity contribution in [2.45, 2.75) is 52.0 Å². The minimum Gasteiger partial charge on any atom is -0.321 e. The second-order valence-corrected chi connectivity index (χ2v) is 6.18. The number of benzene rings is 1. The van der Waals surface area contributed by atoms with Crippen LogP contribution in [0.2, 0.25) is 0 Å². The molecule has 2 rings (SSSR count). The topological polar surface area (TPSA) is 17.8 Å². The quantitative estimate of drug-likeness (QED) is 0.729. The van der Waals surface area contributed by atoms with Gasteiger partial charge in [-0.15, -0.1) is 11.6 Å². The lowest BCUT2D eigenvalue weighted by Crippen LogP contribution is -2.27. The fraction of sp³-hybridized carbons (Fsp3) is 0.533. The van der Waals surface area contributed by atoms with Crippen LogP contribution >= 0.6 is 11.6 Å². The third-order valence-corrected chi connectivity index (χ3v) is 3.93. The summed E-state index contributed by atoms with van der Waals surface area (Å²) in [7, 11) is 0. The number of hydrogen-bond donors (Lipinski definition) is 0. The van der Waals surface area contributed by atoms with E-state index >= 15 is 0 Å². The Hall–Kier alpha value is -1.02. The molecule has 2 nitrogen and oxygen atoms in total. The van der Waals surface area contributed by atoms with E-state index in [4.69, 9.17) is 16.6 Å². The second-order valence-electron chi connectivity index (χ2n) is 5.53. The summed E-state index contributed by atoms with van der Waals surface area (Å²) in [4.78, 5) is 4.76. The summed E-state index contributed by atoms with van der Waals surface area (Å²) in [5.74, 6) is 0.966. The van der Waals surface area contributed by atoms with Crippen LogP contribution in [-0.2, 0) is 5.54 Å². The first kappa shape index (κ1) is 13.4. The van der Waals surface area contributed by atoms with Gasteiger partial charge in [0, 0.05) is 5.54 Å². The highest BCUT2D eigenvalue weighted by atomic mass is 35.5. The minimum atomic E-state index is -0.0809. The number of imidazole rings is 1. The van der Waals surface area contributed by atoms with Gasteiger partial charge in [0.2, 0.25) is 0 Å². The Labute approximate surface area is 114 Å². The average molecular weight is 265 g/mol. The molecule has 0 spiro atoms. The van der Waals surface area contributed by atoms with Crippen molar-refractivity contribution in [3.05, 3.63) is 29.6 Å². The van der Waals surface area contributed by atoms with E-state index < -0.39 is 0 Å². The van der Waals surface area contributed by atoms with E-state index in [-0.39, 0.29) is 10.9 Å². The van der Waals surface area contributed by atoms with Gasteiger partial charge in [0.1, 0.15) is 5.82 Å². The monoisotopic (exact) mass is 264 g/mol. The smallest absolute Gasteiger partial charge is 0.128 e. The Morgan fingerprint density at radius 1 is 1.39 bits per heavy atom. The van der Waals surface area contributed by atoms with E-state index in [0.29, 0.717) is 0 Å². The number of hydrogen-bond acceptors (Lipinski definition) is 1. The van der Waals surface area contributed by atoms with Crippen LogP contribution in [0.3, 0.4) is 0 Å². The lowest BCUT2D eigenvalue weighted by molar-refractivity contribution is 0.341. The number of rotatable bonds is 3. The minimum absolute atomic E-state index is 0.0288. The Morgan fingerprint density at radius 2 is 2.06 bits per heavy atom. The maximum Gasteiger partial charge on any atom is 0.128 e. The molecular formula is C15H21ClN2. The van der Waals surface area contributed by atoms with Gasteiger partial charge in [-0.25, -0.2) is 4.98 Å². The molecule has 0 aliphatic rings. The van der Waals surface area contributed by atoms with Crippen LogP contribution in [0.5, 0.6) is 0 Å². The van der Waals surface area contributed by atoms with Crippen molar-refractivity contribution in [1.29, 1.82) is 0 Å². The molecule has 0 amide bonds. The summed E-state index contributed by atoms with van der Waals surface area (Å²) < 4.78 is 2.30. The van der Waals surface area contributed by atoms with Crippen LogP contribution in [0, 0.1) is 6.92 Å². The van der Waals surface area contributed by atoms with Crippen molar-refractivity contribution in [1.82, 2.24) is 9.55 Å². The van der Waals surface area contributed by atoms with Crippen LogP contribution in [0.1, 0.15) is 50.9 Å². The van der Waals surface area contributed by atoms with E-state index in [9.17, 15) is 0 Å². The first-order chi connectivity index (χ1) is 8.38. The predicted molar refractivity (Wildman–Crippen MR) is 78.4 cm³/mol. The van der Waals surface area contributed by atoms with Gasteiger partial charge in [-0.2, -0.15) is 0 Å². The van der Waals surface area contributed by atoms with Gasteiger partial charge in [0.25, 0.3) is 0 Å². The molecule has 0 bridgehead atoms. The fourth-order valence-corrected chi connectivity index (χ4v) is 2.46. The normalized spacial score (nSPS) is 14.1. The molecule has 98 valence electrons. The molecule has 1 atom stereocenters. The van der Waals surface area contributed by atoms with Gasteiger partial charge in [0.15, 0.2) is 0 Å². The first-order valence-corrected chi connectivity index (χ1v) is 6.94. The third-order valence-electron chi connectivity index (χ3n) is 3.74. The van der Waals surface area contributed by atoms with Crippen LogP contribution in [0.4, 0.5) is 0 Å². The lowest BCUT2D eigenvalue weighted by atomic mass is 10.0. The first-order valence-electron chi connectivity index (χ1n) is 6.51. The van der Waals surface area contributed by atoms with Crippen LogP contribution in [-0.4, -0.2) is 9.55 Å². The van der Waals surface area contributed by atoms with Crippen molar-refractivity contribution in [3.8, 4) is 0 Å². The maximum absolute atomic E-state index is 6.31. The summed E-state index contributed by atoms with van der Waals surface area (Å²) in [6.07, 6.45) is 1.04. The molecule has 1 aromatic carbocycles. The van der Waals surface area contributed by atoms with Crippen LogP contribution in [0.25, 0.3) is 11.0 Å². The van der Waals surface area contributed by atoms with Crippen molar-refractivity contribution in [2.75, 3.05) is 0 Å². The van der Waals surface area contributed by atoms with E-state index in [2.05, 4.69) is 50.5 Å². The molecule has 18 heavy (non-hydrogen) atoms. The Bertz CT molecular complexity index is 567. The zero-order chi connectivity index (χ0) is 13.5. The highest BCUT2D eigenvalue weighted by Gasteiger charge is 2.26. The second kappa shape index (κ2) is 4.58. The van der Waals surface area contributed by atoms with Crippen LogP contribution < -0.4 is 0 Å². The number of nitrogens with zero attached hydrogens (tertiary/aromatic N) is 2. The van der Waals surface area contributed by atoms with Crippen molar-refractivity contribution in [2.24, 2.45) is 0 Å². The number of halogens is 1. The highest BCUT2D eigenvalue weighted by Crippen LogP contribution is 2.33. The lowest BCUT2D eigenvalue weighted by Gasteiger charge is -2.28. The highest BCUT2D eigenvalue weighted by molar-refractivity contribution is 6.20. The molecule has 0 aliphatic carbocycles. The number of aromatic nitrogens is 2. The molecule has 0 aliphatic heterocycles. The maximum atomic E-state index is 6.31. The van der Waals surface area contributed by atoms with Gasteiger partial charge in [-0.3, -0.25) is 0 Å². The zero-order valence-corrected chi connectivity index (χ0v) is 12.5. The summed E-state index contributed by atoms with van der Waals surface area (Å²) >= 11 is 6.31. The van der Waals surface area contributed by atoms with Crippen molar-refractivity contribution >= 4 is 22.6 Å². The van der Waals surface area contributed by atoms with Crippen LogP contribution in [0.15, 0.2) is 18.2 Å². The van der Waals surface area contributed by atoms with E-state index in [0.717, 1.165) is 17.8 Å². The van der Waals surface area contributed by atoms with Gasteiger partial charge in [-0.05, 0) is 45.7 Å². The Kier molecular flexibility index (Phi) is 3.41. The van der Waals surface area contributed by atoms with E-state index in [1.54, 1.807) is 0 Å². The SMILES string of the molecule is CCC(C)(C)n1c(C(C)Cl)nc2c(C)cccc21. The number of fused-ring (bicyclic) bond motifs is 1. The molecule has 0 N–H and O–H groups in total. The van der Waals surface area contributed by atoms with Crippen molar-refractivity contribution < 1.29 is 0 Å². The van der Waals surface area contributed by atoms with Gasteiger partial charge >= 0.3 is 0 Å².